The van der Waals surface area contributed by atoms with Gasteiger partial charge in [0.25, 0.3) is 0 Å². The number of anilines is 2. The SMILES string of the molecule is CCC[C@H](N)C(=O)Nc1ccc(NC(C)=O)c(C)c1. The van der Waals surface area contributed by atoms with E-state index in [1.807, 2.05) is 19.9 Å². The zero-order valence-electron chi connectivity index (χ0n) is 11.6. The molecule has 2 amide bonds. The van der Waals surface area contributed by atoms with Gasteiger partial charge in [0.1, 0.15) is 0 Å². The third-order valence-corrected chi connectivity index (χ3v) is 2.74. The highest BCUT2D eigenvalue weighted by Gasteiger charge is 2.12. The number of benzene rings is 1. The van der Waals surface area contributed by atoms with Gasteiger partial charge < -0.3 is 16.4 Å². The third kappa shape index (κ3) is 4.71. The summed E-state index contributed by atoms with van der Waals surface area (Å²) in [6, 6.07) is 4.83. The second-order valence-corrected chi connectivity index (χ2v) is 4.60. The summed E-state index contributed by atoms with van der Waals surface area (Å²) in [7, 11) is 0. The van der Waals surface area contributed by atoms with Gasteiger partial charge in [-0.3, -0.25) is 9.59 Å². The van der Waals surface area contributed by atoms with Gasteiger partial charge in [0, 0.05) is 18.3 Å². The molecular formula is C14H21N3O2. The van der Waals surface area contributed by atoms with Gasteiger partial charge in [0.05, 0.1) is 6.04 Å². The summed E-state index contributed by atoms with van der Waals surface area (Å²) in [5.41, 5.74) is 8.05. The van der Waals surface area contributed by atoms with E-state index < -0.39 is 6.04 Å². The number of carbonyl (C=O) groups is 2. The van der Waals surface area contributed by atoms with Crippen LogP contribution in [-0.2, 0) is 9.59 Å². The Kier molecular flexibility index (Phi) is 5.51. The van der Waals surface area contributed by atoms with E-state index in [2.05, 4.69) is 10.6 Å². The van der Waals surface area contributed by atoms with Crippen molar-refractivity contribution < 1.29 is 9.59 Å². The van der Waals surface area contributed by atoms with Crippen LogP contribution >= 0.6 is 0 Å². The molecule has 5 nitrogen and oxygen atoms in total. The molecular weight excluding hydrogens is 242 g/mol. The number of nitrogens with two attached hydrogens (primary N) is 1. The highest BCUT2D eigenvalue weighted by Crippen LogP contribution is 2.19. The minimum atomic E-state index is -0.486. The van der Waals surface area contributed by atoms with Crippen LogP contribution in [0.5, 0.6) is 0 Å². The lowest BCUT2D eigenvalue weighted by Gasteiger charge is -2.13. The van der Waals surface area contributed by atoms with Gasteiger partial charge in [-0.2, -0.15) is 0 Å². The fourth-order valence-corrected chi connectivity index (χ4v) is 1.75. The quantitative estimate of drug-likeness (QED) is 0.759. The summed E-state index contributed by atoms with van der Waals surface area (Å²) in [6.45, 7) is 5.31. The smallest absolute Gasteiger partial charge is 0.241 e. The molecule has 0 aliphatic carbocycles. The average molecular weight is 263 g/mol. The van der Waals surface area contributed by atoms with E-state index in [0.717, 1.165) is 17.7 Å². The van der Waals surface area contributed by atoms with E-state index in [1.54, 1.807) is 12.1 Å². The Balaban J connectivity index is 2.73. The van der Waals surface area contributed by atoms with Crippen LogP contribution < -0.4 is 16.4 Å². The molecule has 0 fully saturated rings. The second kappa shape index (κ2) is 6.89. The predicted molar refractivity (Wildman–Crippen MR) is 77.0 cm³/mol. The van der Waals surface area contributed by atoms with Crippen LogP contribution in [0.2, 0.25) is 0 Å². The third-order valence-electron chi connectivity index (χ3n) is 2.74. The molecule has 0 aliphatic heterocycles. The van der Waals surface area contributed by atoms with Crippen LogP contribution in [0.25, 0.3) is 0 Å². The van der Waals surface area contributed by atoms with Gasteiger partial charge in [0.2, 0.25) is 11.8 Å². The van der Waals surface area contributed by atoms with Crippen LogP contribution in [-0.4, -0.2) is 17.9 Å². The first kappa shape index (κ1) is 15.2. The standard InChI is InChI=1S/C14H21N3O2/c1-4-5-12(15)14(19)17-11-6-7-13(9(2)8-11)16-10(3)18/h6-8,12H,4-5,15H2,1-3H3,(H,16,18)(H,17,19)/t12-/m0/s1. The lowest BCUT2D eigenvalue weighted by molar-refractivity contribution is -0.117. The average Bonchev–Trinajstić information content (AvgIpc) is 2.32. The first-order valence-corrected chi connectivity index (χ1v) is 6.38. The molecule has 1 rings (SSSR count). The topological polar surface area (TPSA) is 84.2 Å². The van der Waals surface area contributed by atoms with Crippen LogP contribution in [0.15, 0.2) is 18.2 Å². The monoisotopic (exact) mass is 263 g/mol. The molecule has 0 heterocycles. The van der Waals surface area contributed by atoms with Crippen molar-refractivity contribution in [3.8, 4) is 0 Å². The van der Waals surface area contributed by atoms with Gasteiger partial charge in [-0.1, -0.05) is 13.3 Å². The van der Waals surface area contributed by atoms with Crippen molar-refractivity contribution in [3.63, 3.8) is 0 Å². The van der Waals surface area contributed by atoms with Gasteiger partial charge in [-0.05, 0) is 37.1 Å². The molecule has 1 atom stereocenters. The summed E-state index contributed by atoms with van der Waals surface area (Å²) < 4.78 is 0. The van der Waals surface area contributed by atoms with Crippen molar-refractivity contribution >= 4 is 23.2 Å². The summed E-state index contributed by atoms with van der Waals surface area (Å²) >= 11 is 0. The molecule has 0 saturated carbocycles. The molecule has 104 valence electrons. The number of rotatable bonds is 5. The highest BCUT2D eigenvalue weighted by molar-refractivity contribution is 5.95. The molecule has 0 spiro atoms. The number of nitrogens with one attached hydrogen (secondary N) is 2. The minimum absolute atomic E-state index is 0.121. The molecule has 19 heavy (non-hydrogen) atoms. The normalized spacial score (nSPS) is 11.8. The molecule has 0 unspecified atom stereocenters. The molecule has 4 N–H and O–H groups in total. The van der Waals surface area contributed by atoms with Gasteiger partial charge >= 0.3 is 0 Å². The summed E-state index contributed by atoms with van der Waals surface area (Å²) in [5.74, 6) is -0.307. The van der Waals surface area contributed by atoms with Crippen molar-refractivity contribution in [2.75, 3.05) is 10.6 Å². The molecule has 1 aromatic rings. The Morgan fingerprint density at radius 2 is 2.00 bits per heavy atom. The van der Waals surface area contributed by atoms with E-state index in [0.29, 0.717) is 12.1 Å². The molecule has 5 heteroatoms. The van der Waals surface area contributed by atoms with E-state index in [9.17, 15) is 9.59 Å². The van der Waals surface area contributed by atoms with Crippen LogP contribution in [0.1, 0.15) is 32.3 Å². The van der Waals surface area contributed by atoms with Crippen molar-refractivity contribution in [2.45, 2.75) is 39.7 Å². The largest absolute Gasteiger partial charge is 0.326 e. The minimum Gasteiger partial charge on any atom is -0.326 e. The van der Waals surface area contributed by atoms with Crippen molar-refractivity contribution in [1.82, 2.24) is 0 Å². The summed E-state index contributed by atoms with van der Waals surface area (Å²) in [5, 5.41) is 5.49. The Labute approximate surface area is 113 Å². The maximum Gasteiger partial charge on any atom is 0.241 e. The van der Waals surface area contributed by atoms with E-state index >= 15 is 0 Å². The maximum absolute atomic E-state index is 11.8. The first-order valence-electron chi connectivity index (χ1n) is 6.38. The lowest BCUT2D eigenvalue weighted by Crippen LogP contribution is -2.35. The Bertz CT molecular complexity index is 472. The van der Waals surface area contributed by atoms with Gasteiger partial charge in [-0.15, -0.1) is 0 Å². The van der Waals surface area contributed by atoms with Crippen LogP contribution in [0.3, 0.4) is 0 Å². The van der Waals surface area contributed by atoms with E-state index in [1.165, 1.54) is 6.92 Å². The number of hydrogen-bond acceptors (Lipinski definition) is 3. The maximum atomic E-state index is 11.8. The number of amides is 2. The highest BCUT2D eigenvalue weighted by atomic mass is 16.2. The van der Waals surface area contributed by atoms with Gasteiger partial charge in [-0.25, -0.2) is 0 Å². The summed E-state index contributed by atoms with van der Waals surface area (Å²) in [6.07, 6.45) is 1.53. The first-order chi connectivity index (χ1) is 8.93. The van der Waals surface area contributed by atoms with Crippen LogP contribution in [0, 0.1) is 6.92 Å². The molecule has 0 aliphatic rings. The van der Waals surface area contributed by atoms with Crippen molar-refractivity contribution in [2.24, 2.45) is 5.73 Å². The molecule has 1 aromatic carbocycles. The van der Waals surface area contributed by atoms with Crippen molar-refractivity contribution in [3.05, 3.63) is 23.8 Å². The fraction of sp³-hybridized carbons (Fsp3) is 0.429. The fourth-order valence-electron chi connectivity index (χ4n) is 1.75. The number of hydrogen-bond donors (Lipinski definition) is 3. The Hall–Kier alpha value is -1.88. The van der Waals surface area contributed by atoms with E-state index in [-0.39, 0.29) is 11.8 Å². The zero-order chi connectivity index (χ0) is 14.4. The zero-order valence-corrected chi connectivity index (χ0v) is 11.6. The summed E-state index contributed by atoms with van der Waals surface area (Å²) in [4.78, 5) is 22.8. The predicted octanol–water partition coefficient (Wildman–Crippen LogP) is 2.02. The van der Waals surface area contributed by atoms with Crippen LogP contribution in [0.4, 0.5) is 11.4 Å². The Morgan fingerprint density at radius 1 is 1.32 bits per heavy atom. The molecule has 0 radical (unpaired) electrons. The number of carbonyl (C=O) groups excluding carboxylic acids is 2. The van der Waals surface area contributed by atoms with Crippen molar-refractivity contribution in [1.29, 1.82) is 0 Å². The molecule has 0 saturated heterocycles. The number of aryl methyl sites for hydroxylation is 1. The lowest BCUT2D eigenvalue weighted by atomic mass is 10.1. The van der Waals surface area contributed by atoms with Gasteiger partial charge in [0.15, 0.2) is 0 Å². The Morgan fingerprint density at radius 3 is 2.53 bits per heavy atom. The molecule has 0 bridgehead atoms. The van der Waals surface area contributed by atoms with E-state index in [4.69, 9.17) is 5.73 Å². The second-order valence-electron chi connectivity index (χ2n) is 4.60. The molecule has 0 aromatic heterocycles.